The number of hydrogen-bond donors (Lipinski definition) is 0. The van der Waals surface area contributed by atoms with E-state index in [9.17, 15) is 0 Å². The van der Waals surface area contributed by atoms with Crippen LogP contribution in [0.4, 0.5) is 0 Å². The summed E-state index contributed by atoms with van der Waals surface area (Å²) in [5.74, 6) is 0. The first kappa shape index (κ1) is 11.7. The number of rotatable bonds is 1. The summed E-state index contributed by atoms with van der Waals surface area (Å²) in [6.45, 7) is 0. The average Bonchev–Trinajstić information content (AvgIpc) is 2.88. The number of hydrogen-bond acceptors (Lipinski definition) is 1. The Morgan fingerprint density at radius 3 is 2.85 bits per heavy atom. The van der Waals surface area contributed by atoms with Crippen LogP contribution in [-0.4, -0.2) is 9.38 Å². The largest absolute Gasteiger partial charge is 0.312 e. The lowest BCUT2D eigenvalue weighted by atomic mass is 9.92. The van der Waals surface area contributed by atoms with E-state index in [1.54, 1.807) is 6.20 Å². The number of halogens is 1. The van der Waals surface area contributed by atoms with Gasteiger partial charge in [-0.15, -0.1) is 0 Å². The fourth-order valence-corrected chi connectivity index (χ4v) is 3.16. The van der Waals surface area contributed by atoms with Gasteiger partial charge in [-0.05, 0) is 30.0 Å². The summed E-state index contributed by atoms with van der Waals surface area (Å²) >= 11 is 6.22. The molecule has 1 aromatic carbocycles. The van der Waals surface area contributed by atoms with Gasteiger partial charge in [-0.2, -0.15) is 0 Å². The van der Waals surface area contributed by atoms with Gasteiger partial charge in [0.25, 0.3) is 0 Å². The molecule has 4 rings (SSSR count). The molecule has 1 aliphatic carbocycles. The Hall–Kier alpha value is -2.06. The van der Waals surface area contributed by atoms with Crippen molar-refractivity contribution in [3.05, 3.63) is 76.8 Å². The minimum atomic E-state index is 0.564. The normalized spacial score (nSPS) is 14.2. The highest BCUT2D eigenvalue weighted by atomic mass is 35.5. The molecule has 0 saturated heterocycles. The Kier molecular flexibility index (Phi) is 2.64. The fraction of sp³-hybridized carbons (Fsp3) is 0.118. The molecule has 3 aromatic rings. The topological polar surface area (TPSA) is 17.3 Å². The third-order valence-electron chi connectivity index (χ3n) is 3.83. The maximum absolute atomic E-state index is 6.22. The lowest BCUT2D eigenvalue weighted by Crippen LogP contribution is -2.02. The molecular weight excluding hydrogens is 268 g/mol. The number of nitrogens with zero attached hydrogens (tertiary/aromatic N) is 2. The second kappa shape index (κ2) is 4.50. The van der Waals surface area contributed by atoms with Crippen LogP contribution < -0.4 is 0 Å². The second-order valence-corrected chi connectivity index (χ2v) is 5.37. The van der Waals surface area contributed by atoms with Crippen LogP contribution >= 0.6 is 11.6 Å². The number of aromatic nitrogens is 2. The molecule has 0 atom stereocenters. The Labute approximate surface area is 122 Å². The van der Waals surface area contributed by atoms with Crippen molar-refractivity contribution in [2.45, 2.75) is 12.8 Å². The molecule has 2 nitrogen and oxygen atoms in total. The van der Waals surface area contributed by atoms with E-state index < -0.39 is 0 Å². The molecule has 1 aliphatic rings. The van der Waals surface area contributed by atoms with Crippen molar-refractivity contribution in [2.75, 3.05) is 0 Å². The van der Waals surface area contributed by atoms with E-state index in [4.69, 9.17) is 11.6 Å². The lowest BCUT2D eigenvalue weighted by molar-refractivity contribution is 0.961. The van der Waals surface area contributed by atoms with Crippen molar-refractivity contribution in [1.82, 2.24) is 9.38 Å². The molecule has 3 heteroatoms. The van der Waals surface area contributed by atoms with Crippen LogP contribution in [0.15, 0.2) is 54.9 Å². The Balaban J connectivity index is 2.01. The molecule has 2 heterocycles. The van der Waals surface area contributed by atoms with Crippen LogP contribution in [0.1, 0.15) is 23.2 Å². The van der Waals surface area contributed by atoms with Gasteiger partial charge in [0.05, 0.1) is 11.2 Å². The number of benzene rings is 1. The molecular formula is C17H13ClN2. The smallest absolute Gasteiger partial charge is 0.153 e. The molecule has 2 aromatic heterocycles. The Morgan fingerprint density at radius 2 is 2.00 bits per heavy atom. The van der Waals surface area contributed by atoms with Gasteiger partial charge in [-0.1, -0.05) is 48.0 Å². The first-order valence-electron chi connectivity index (χ1n) is 6.75. The van der Waals surface area contributed by atoms with E-state index in [1.807, 2.05) is 12.3 Å². The first-order valence-corrected chi connectivity index (χ1v) is 7.13. The summed E-state index contributed by atoms with van der Waals surface area (Å²) in [4.78, 5) is 4.17. The monoisotopic (exact) mass is 280 g/mol. The molecule has 0 amide bonds. The zero-order chi connectivity index (χ0) is 13.5. The molecule has 0 N–H and O–H groups in total. The molecule has 0 saturated carbocycles. The van der Waals surface area contributed by atoms with Crippen LogP contribution in [0.25, 0.3) is 11.1 Å². The first-order chi connectivity index (χ1) is 9.84. The summed E-state index contributed by atoms with van der Waals surface area (Å²) in [5, 5.41) is 0.564. The third kappa shape index (κ3) is 1.69. The van der Waals surface area contributed by atoms with Crippen LogP contribution in [0.2, 0.25) is 5.15 Å². The van der Waals surface area contributed by atoms with Gasteiger partial charge >= 0.3 is 0 Å². The van der Waals surface area contributed by atoms with Gasteiger partial charge in [0.15, 0.2) is 5.15 Å². The highest BCUT2D eigenvalue weighted by Crippen LogP contribution is 2.35. The van der Waals surface area contributed by atoms with Gasteiger partial charge < -0.3 is 4.40 Å². The second-order valence-electron chi connectivity index (χ2n) is 5.01. The summed E-state index contributed by atoms with van der Waals surface area (Å²) in [5.41, 5.74) is 6.13. The van der Waals surface area contributed by atoms with Gasteiger partial charge in [0, 0.05) is 18.0 Å². The van der Waals surface area contributed by atoms with Gasteiger partial charge in [0.1, 0.15) is 0 Å². The van der Waals surface area contributed by atoms with Crippen molar-refractivity contribution in [3.8, 4) is 0 Å². The predicted octanol–water partition coefficient (Wildman–Crippen LogP) is 4.37. The number of allylic oxidation sites excluding steroid dienone is 1. The highest BCUT2D eigenvalue weighted by molar-refractivity contribution is 6.32. The molecule has 98 valence electrons. The SMILES string of the molecule is Clc1nccn2c3c(cc12)CCC=C3c1ccccc1. The Bertz CT molecular complexity index is 816. The van der Waals surface area contributed by atoms with Crippen LogP contribution in [-0.2, 0) is 6.42 Å². The van der Waals surface area contributed by atoms with Crippen molar-refractivity contribution in [1.29, 1.82) is 0 Å². The fourth-order valence-electron chi connectivity index (χ4n) is 2.96. The standard InChI is InChI=1S/C17H13ClN2/c18-17-15-11-13-7-4-8-14(12-5-2-1-3-6-12)16(13)20(15)10-9-19-17/h1-3,5-6,8-11H,4,7H2. The number of fused-ring (bicyclic) bond motifs is 3. The maximum Gasteiger partial charge on any atom is 0.153 e. The van der Waals surface area contributed by atoms with Crippen molar-refractivity contribution in [2.24, 2.45) is 0 Å². The quantitative estimate of drug-likeness (QED) is 0.647. The van der Waals surface area contributed by atoms with E-state index in [0.29, 0.717) is 5.15 Å². The summed E-state index contributed by atoms with van der Waals surface area (Å²) in [7, 11) is 0. The van der Waals surface area contributed by atoms with E-state index in [2.05, 4.69) is 45.8 Å². The van der Waals surface area contributed by atoms with Crippen molar-refractivity contribution >= 4 is 22.7 Å². The summed E-state index contributed by atoms with van der Waals surface area (Å²) in [6, 6.07) is 12.7. The molecule has 0 spiro atoms. The summed E-state index contributed by atoms with van der Waals surface area (Å²) in [6.07, 6.45) is 8.19. The predicted molar refractivity (Wildman–Crippen MR) is 82.0 cm³/mol. The van der Waals surface area contributed by atoms with Crippen LogP contribution in [0, 0.1) is 0 Å². The van der Waals surface area contributed by atoms with Gasteiger partial charge in [0.2, 0.25) is 0 Å². The van der Waals surface area contributed by atoms with E-state index in [1.165, 1.54) is 22.4 Å². The van der Waals surface area contributed by atoms with Crippen LogP contribution in [0.3, 0.4) is 0 Å². The maximum atomic E-state index is 6.22. The minimum absolute atomic E-state index is 0.564. The van der Waals surface area contributed by atoms with Crippen molar-refractivity contribution < 1.29 is 0 Å². The van der Waals surface area contributed by atoms with Crippen molar-refractivity contribution in [3.63, 3.8) is 0 Å². The van der Waals surface area contributed by atoms with E-state index in [0.717, 1.165) is 18.4 Å². The minimum Gasteiger partial charge on any atom is -0.312 e. The average molecular weight is 281 g/mol. The molecule has 0 bridgehead atoms. The molecule has 0 fully saturated rings. The molecule has 20 heavy (non-hydrogen) atoms. The number of aryl methyl sites for hydroxylation is 1. The zero-order valence-corrected chi connectivity index (χ0v) is 11.6. The van der Waals surface area contributed by atoms with Crippen LogP contribution in [0.5, 0.6) is 0 Å². The third-order valence-corrected chi connectivity index (χ3v) is 4.12. The Morgan fingerprint density at radius 1 is 1.15 bits per heavy atom. The highest BCUT2D eigenvalue weighted by Gasteiger charge is 2.19. The van der Waals surface area contributed by atoms with E-state index in [-0.39, 0.29) is 0 Å². The lowest BCUT2D eigenvalue weighted by Gasteiger charge is -2.16. The zero-order valence-electron chi connectivity index (χ0n) is 10.9. The molecule has 0 aliphatic heterocycles. The molecule has 0 unspecified atom stereocenters. The van der Waals surface area contributed by atoms with Gasteiger partial charge in [-0.25, -0.2) is 4.98 Å². The summed E-state index contributed by atoms with van der Waals surface area (Å²) < 4.78 is 2.16. The molecule has 0 radical (unpaired) electrons. The van der Waals surface area contributed by atoms with E-state index >= 15 is 0 Å². The van der Waals surface area contributed by atoms with Gasteiger partial charge in [-0.3, -0.25) is 0 Å².